The predicted octanol–water partition coefficient (Wildman–Crippen LogP) is 4.52. The minimum absolute atomic E-state index is 0.0588. The molecule has 2 heterocycles. The molecule has 2 atom stereocenters. The van der Waals surface area contributed by atoms with Crippen molar-refractivity contribution in [2.75, 3.05) is 0 Å². The number of fused-ring (bicyclic) bond motifs is 2. The lowest BCUT2D eigenvalue weighted by molar-refractivity contribution is -0.124. The van der Waals surface area contributed by atoms with Crippen LogP contribution < -0.4 is 0 Å². The summed E-state index contributed by atoms with van der Waals surface area (Å²) in [7, 11) is 0. The van der Waals surface area contributed by atoms with E-state index in [4.69, 9.17) is 4.74 Å². The van der Waals surface area contributed by atoms with Crippen molar-refractivity contribution in [3.8, 4) is 0 Å². The normalized spacial score (nSPS) is 23.5. The molecular formula is C23H24FNO3. The van der Waals surface area contributed by atoms with E-state index < -0.39 is 0 Å². The maximum Gasteiger partial charge on any atom is 0.410 e. The number of carbonyl (C=O) groups is 2. The van der Waals surface area contributed by atoms with Gasteiger partial charge in [-0.3, -0.25) is 4.79 Å². The van der Waals surface area contributed by atoms with E-state index >= 15 is 0 Å². The Morgan fingerprint density at radius 3 is 2.32 bits per heavy atom. The van der Waals surface area contributed by atoms with Gasteiger partial charge < -0.3 is 9.64 Å². The van der Waals surface area contributed by atoms with Crippen LogP contribution in [0.25, 0.3) is 0 Å². The molecule has 2 aliphatic rings. The fourth-order valence-corrected chi connectivity index (χ4v) is 4.52. The van der Waals surface area contributed by atoms with Crippen molar-refractivity contribution >= 4 is 11.9 Å². The third-order valence-electron chi connectivity index (χ3n) is 5.87. The molecule has 2 fully saturated rings. The summed E-state index contributed by atoms with van der Waals surface area (Å²) in [6.07, 6.45) is 3.13. The molecule has 2 bridgehead atoms. The molecule has 5 heteroatoms. The highest BCUT2D eigenvalue weighted by molar-refractivity contribution is 5.84. The lowest BCUT2D eigenvalue weighted by Gasteiger charge is -2.37. The molecule has 28 heavy (non-hydrogen) atoms. The van der Waals surface area contributed by atoms with Crippen LogP contribution in [-0.4, -0.2) is 28.9 Å². The van der Waals surface area contributed by atoms with Gasteiger partial charge in [0.15, 0.2) is 0 Å². The molecule has 2 aromatic rings. The minimum Gasteiger partial charge on any atom is -0.445 e. The van der Waals surface area contributed by atoms with E-state index in [1.807, 2.05) is 35.2 Å². The topological polar surface area (TPSA) is 46.6 Å². The Kier molecular flexibility index (Phi) is 5.42. The van der Waals surface area contributed by atoms with Gasteiger partial charge >= 0.3 is 6.09 Å². The van der Waals surface area contributed by atoms with Crippen LogP contribution in [0.15, 0.2) is 54.6 Å². The molecule has 2 unspecified atom stereocenters. The number of carbonyl (C=O) groups excluding carboxylic acids is 2. The van der Waals surface area contributed by atoms with Crippen LogP contribution >= 0.6 is 0 Å². The molecule has 0 spiro atoms. The number of halogens is 1. The molecule has 0 aliphatic carbocycles. The first kappa shape index (κ1) is 18.7. The number of nitrogens with zero attached hydrogens (tertiary/aromatic N) is 1. The lowest BCUT2D eigenvalue weighted by Crippen LogP contribution is -2.48. The molecule has 1 amide bonds. The molecule has 0 aromatic heterocycles. The first-order valence-corrected chi connectivity index (χ1v) is 9.86. The van der Waals surface area contributed by atoms with Gasteiger partial charge in [0.1, 0.15) is 18.2 Å². The van der Waals surface area contributed by atoms with Crippen molar-refractivity contribution in [2.24, 2.45) is 5.92 Å². The molecular weight excluding hydrogens is 357 g/mol. The van der Waals surface area contributed by atoms with Gasteiger partial charge in [0, 0.05) is 24.4 Å². The smallest absolute Gasteiger partial charge is 0.410 e. The van der Waals surface area contributed by atoms with Gasteiger partial charge in [-0.05, 0) is 48.9 Å². The van der Waals surface area contributed by atoms with E-state index in [1.165, 1.54) is 12.1 Å². The number of rotatable bonds is 5. The molecule has 0 radical (unpaired) electrons. The highest BCUT2D eigenvalue weighted by Crippen LogP contribution is 2.39. The Labute approximate surface area is 164 Å². The van der Waals surface area contributed by atoms with Crippen LogP contribution in [0.1, 0.15) is 36.8 Å². The summed E-state index contributed by atoms with van der Waals surface area (Å²) >= 11 is 0. The largest absolute Gasteiger partial charge is 0.445 e. The molecule has 2 aliphatic heterocycles. The van der Waals surface area contributed by atoms with Crippen molar-refractivity contribution in [1.82, 2.24) is 4.90 Å². The number of amides is 1. The second-order valence-corrected chi connectivity index (χ2v) is 7.77. The molecule has 4 nitrogen and oxygen atoms in total. The number of benzene rings is 2. The Bertz CT molecular complexity index is 840. The van der Waals surface area contributed by atoms with Gasteiger partial charge in [-0.15, -0.1) is 0 Å². The average Bonchev–Trinajstić information content (AvgIpc) is 2.96. The van der Waals surface area contributed by atoms with Crippen molar-refractivity contribution < 1.29 is 18.7 Å². The first-order valence-electron chi connectivity index (χ1n) is 9.86. The number of piperidine rings is 1. The maximum atomic E-state index is 13.4. The molecule has 146 valence electrons. The standard InChI is InChI=1S/C23H24FNO3/c24-19-8-4-7-17(11-19)12-22(26)18-13-20-9-10-21(14-18)25(20)23(27)28-15-16-5-2-1-3-6-16/h1-8,11,18,20-21H,9-10,12-15H2. The molecule has 2 saturated heterocycles. The Hall–Kier alpha value is -2.69. The summed E-state index contributed by atoms with van der Waals surface area (Å²) in [5, 5.41) is 0. The highest BCUT2D eigenvalue weighted by Gasteiger charge is 2.45. The summed E-state index contributed by atoms with van der Waals surface area (Å²) in [6, 6.07) is 16.0. The van der Waals surface area contributed by atoms with Crippen LogP contribution in [0.4, 0.5) is 9.18 Å². The second kappa shape index (κ2) is 8.13. The number of hydrogen-bond donors (Lipinski definition) is 0. The third-order valence-corrected chi connectivity index (χ3v) is 5.87. The zero-order valence-corrected chi connectivity index (χ0v) is 15.7. The van der Waals surface area contributed by atoms with Gasteiger partial charge in [-0.25, -0.2) is 9.18 Å². The zero-order valence-electron chi connectivity index (χ0n) is 15.7. The number of ketones is 1. The van der Waals surface area contributed by atoms with Crippen LogP contribution in [0, 0.1) is 11.7 Å². The number of Topliss-reactive ketones (excluding diaryl/α,β-unsaturated/α-hetero) is 1. The van der Waals surface area contributed by atoms with Crippen molar-refractivity contribution in [1.29, 1.82) is 0 Å². The van der Waals surface area contributed by atoms with Crippen LogP contribution in [-0.2, 0) is 22.6 Å². The minimum atomic E-state index is -0.318. The molecule has 4 rings (SSSR count). The summed E-state index contributed by atoms with van der Waals surface area (Å²) in [5.41, 5.74) is 1.67. The predicted molar refractivity (Wildman–Crippen MR) is 103 cm³/mol. The monoisotopic (exact) mass is 381 g/mol. The SMILES string of the molecule is O=C(Cc1cccc(F)c1)C1CC2CCC(C1)N2C(=O)OCc1ccccc1. The fourth-order valence-electron chi connectivity index (χ4n) is 4.52. The van der Waals surface area contributed by atoms with Crippen molar-refractivity contribution in [3.63, 3.8) is 0 Å². The van der Waals surface area contributed by atoms with E-state index in [0.717, 1.165) is 18.4 Å². The molecule has 0 N–H and O–H groups in total. The summed E-state index contributed by atoms with van der Waals surface area (Å²) < 4.78 is 18.9. The van der Waals surface area contributed by atoms with E-state index in [2.05, 4.69) is 0 Å². The van der Waals surface area contributed by atoms with Crippen LogP contribution in [0.2, 0.25) is 0 Å². The average molecular weight is 381 g/mol. The van der Waals surface area contributed by atoms with Crippen LogP contribution in [0.3, 0.4) is 0 Å². The first-order chi connectivity index (χ1) is 13.6. The van der Waals surface area contributed by atoms with E-state index in [1.54, 1.807) is 12.1 Å². The van der Waals surface area contributed by atoms with Gasteiger partial charge in [0.05, 0.1) is 0 Å². The lowest BCUT2D eigenvalue weighted by atomic mass is 9.85. The van der Waals surface area contributed by atoms with Gasteiger partial charge in [-0.2, -0.15) is 0 Å². The second-order valence-electron chi connectivity index (χ2n) is 7.77. The van der Waals surface area contributed by atoms with Crippen molar-refractivity contribution in [3.05, 3.63) is 71.5 Å². The van der Waals surface area contributed by atoms with E-state index in [0.29, 0.717) is 18.4 Å². The highest BCUT2D eigenvalue weighted by atomic mass is 19.1. The van der Waals surface area contributed by atoms with Crippen molar-refractivity contribution in [2.45, 2.75) is 50.8 Å². The maximum absolute atomic E-state index is 13.4. The Morgan fingerprint density at radius 2 is 1.64 bits per heavy atom. The summed E-state index contributed by atoms with van der Waals surface area (Å²) in [4.78, 5) is 27.2. The summed E-state index contributed by atoms with van der Waals surface area (Å²) in [6.45, 7) is 0.261. The van der Waals surface area contributed by atoms with Gasteiger partial charge in [0.25, 0.3) is 0 Å². The van der Waals surface area contributed by atoms with E-state index in [9.17, 15) is 14.0 Å². The summed E-state index contributed by atoms with van der Waals surface area (Å²) in [5.74, 6) is -0.250. The number of hydrogen-bond acceptors (Lipinski definition) is 3. The fraction of sp³-hybridized carbons (Fsp3) is 0.391. The Balaban J connectivity index is 1.34. The van der Waals surface area contributed by atoms with Gasteiger partial charge in [-0.1, -0.05) is 42.5 Å². The third kappa shape index (κ3) is 4.08. The van der Waals surface area contributed by atoms with Crippen LogP contribution in [0.5, 0.6) is 0 Å². The Morgan fingerprint density at radius 1 is 0.964 bits per heavy atom. The number of ether oxygens (including phenoxy) is 1. The molecule has 2 aromatic carbocycles. The zero-order chi connectivity index (χ0) is 19.5. The molecule has 0 saturated carbocycles. The van der Waals surface area contributed by atoms with Gasteiger partial charge in [0.2, 0.25) is 0 Å². The quantitative estimate of drug-likeness (QED) is 0.765. The van der Waals surface area contributed by atoms with E-state index in [-0.39, 0.29) is 48.7 Å².